The minimum Gasteiger partial charge on any atom is -0.0928 e. The van der Waals surface area contributed by atoms with Crippen molar-refractivity contribution in [1.29, 1.82) is 0 Å². The van der Waals surface area contributed by atoms with Gasteiger partial charge in [0.15, 0.2) is 0 Å². The summed E-state index contributed by atoms with van der Waals surface area (Å²) in [6, 6.07) is 21.8. The van der Waals surface area contributed by atoms with Crippen LogP contribution in [-0.2, 0) is 12.8 Å². The molecule has 0 nitrogen and oxygen atoms in total. The van der Waals surface area contributed by atoms with Crippen LogP contribution in [-0.4, -0.2) is 10.7 Å². The van der Waals surface area contributed by atoms with Gasteiger partial charge < -0.3 is 0 Å². The van der Waals surface area contributed by atoms with E-state index in [1.165, 1.54) is 30.4 Å². The van der Waals surface area contributed by atoms with Gasteiger partial charge in [-0.2, -0.15) is 0 Å². The van der Waals surface area contributed by atoms with E-state index in [4.69, 9.17) is 0 Å². The van der Waals surface area contributed by atoms with Gasteiger partial charge in [-0.3, -0.25) is 0 Å². The van der Waals surface area contributed by atoms with Crippen molar-refractivity contribution < 1.29 is 0 Å². The van der Waals surface area contributed by atoms with Gasteiger partial charge in [-0.25, -0.2) is 0 Å². The smallest absolute Gasteiger partial charge is 0.00656 e. The van der Waals surface area contributed by atoms with Crippen molar-refractivity contribution in [1.82, 2.24) is 0 Å². The Bertz CT molecular complexity index is 510. The molecule has 0 unspecified atom stereocenters. The minimum atomic E-state index is 0.682. The Hall–Kier alpha value is -0.600. The van der Waals surface area contributed by atoms with Crippen LogP contribution < -0.4 is 0 Å². The third kappa shape index (κ3) is 5.89. The van der Waals surface area contributed by atoms with E-state index in [9.17, 15) is 0 Å². The lowest BCUT2D eigenvalue weighted by Crippen LogP contribution is -2.21. The van der Waals surface area contributed by atoms with Crippen molar-refractivity contribution in [3.63, 3.8) is 0 Å². The second-order valence-electron chi connectivity index (χ2n) is 5.89. The van der Waals surface area contributed by atoms with Crippen molar-refractivity contribution in [2.24, 2.45) is 11.8 Å². The molecule has 0 spiro atoms. The summed E-state index contributed by atoms with van der Waals surface area (Å²) in [5.74, 6) is 1.40. The second kappa shape index (κ2) is 10.2. The molecule has 2 aromatic rings. The predicted molar refractivity (Wildman–Crippen MR) is 104 cm³/mol. The first-order valence-electron chi connectivity index (χ1n) is 8.03. The molecule has 0 saturated carbocycles. The van der Waals surface area contributed by atoms with Crippen LogP contribution in [0.5, 0.6) is 0 Å². The standard InChI is InChI=1S/C20H24Br2/c21-13-7-12-19(14-17-8-3-1-4-9-17)20(16-22)15-18-10-5-2-6-11-18/h1-6,8-11,19-20H,7,12-16H2/t19-,20+/m0/s1. The summed E-state index contributed by atoms with van der Waals surface area (Å²) >= 11 is 7.36. The normalized spacial score (nSPS) is 13.7. The molecule has 2 rings (SSSR count). The monoisotopic (exact) mass is 422 g/mol. The summed E-state index contributed by atoms with van der Waals surface area (Å²) in [5.41, 5.74) is 2.91. The lowest BCUT2D eigenvalue weighted by atomic mass is 9.81. The zero-order valence-corrected chi connectivity index (χ0v) is 16.1. The topological polar surface area (TPSA) is 0 Å². The molecule has 0 aliphatic heterocycles. The van der Waals surface area contributed by atoms with Crippen molar-refractivity contribution >= 4 is 31.9 Å². The quantitative estimate of drug-likeness (QED) is 0.416. The van der Waals surface area contributed by atoms with Crippen LogP contribution in [0.3, 0.4) is 0 Å². The van der Waals surface area contributed by atoms with Crippen LogP contribution in [0.4, 0.5) is 0 Å². The average Bonchev–Trinajstić information content (AvgIpc) is 2.58. The van der Waals surface area contributed by atoms with E-state index in [0.717, 1.165) is 23.0 Å². The molecule has 0 bridgehead atoms. The lowest BCUT2D eigenvalue weighted by molar-refractivity contribution is 0.336. The van der Waals surface area contributed by atoms with Gasteiger partial charge in [0, 0.05) is 10.7 Å². The fourth-order valence-electron chi connectivity index (χ4n) is 3.02. The van der Waals surface area contributed by atoms with Crippen LogP contribution >= 0.6 is 31.9 Å². The molecule has 2 heteroatoms. The highest BCUT2D eigenvalue weighted by molar-refractivity contribution is 9.09. The second-order valence-corrected chi connectivity index (χ2v) is 7.33. The number of hydrogen-bond donors (Lipinski definition) is 0. The Morgan fingerprint density at radius 1 is 0.682 bits per heavy atom. The maximum Gasteiger partial charge on any atom is 0.00656 e. The fourth-order valence-corrected chi connectivity index (χ4v) is 4.11. The fraction of sp³-hybridized carbons (Fsp3) is 0.400. The van der Waals surface area contributed by atoms with Crippen molar-refractivity contribution in [2.75, 3.05) is 10.7 Å². The maximum atomic E-state index is 3.77. The molecule has 0 radical (unpaired) electrons. The van der Waals surface area contributed by atoms with Gasteiger partial charge in [-0.15, -0.1) is 0 Å². The SMILES string of the molecule is BrCCC[C@@H](Cc1ccccc1)[C@@H](CBr)Cc1ccccc1. The molecule has 0 aliphatic rings. The summed E-state index contributed by atoms with van der Waals surface area (Å²) in [5, 5.41) is 2.17. The number of rotatable bonds is 9. The molecule has 0 aromatic heterocycles. The van der Waals surface area contributed by atoms with Gasteiger partial charge in [0.05, 0.1) is 0 Å². The van der Waals surface area contributed by atoms with E-state index < -0.39 is 0 Å². The Balaban J connectivity index is 2.07. The van der Waals surface area contributed by atoms with E-state index in [1.54, 1.807) is 0 Å². The molecule has 118 valence electrons. The molecule has 0 saturated heterocycles. The predicted octanol–water partition coefficient (Wildman–Crippen LogP) is 6.27. The minimum absolute atomic E-state index is 0.682. The molecule has 0 N–H and O–H groups in total. The molecule has 0 heterocycles. The van der Waals surface area contributed by atoms with Gasteiger partial charge in [-0.1, -0.05) is 92.5 Å². The van der Waals surface area contributed by atoms with Gasteiger partial charge in [0.2, 0.25) is 0 Å². The van der Waals surface area contributed by atoms with E-state index in [1.807, 2.05) is 0 Å². The molecule has 22 heavy (non-hydrogen) atoms. The highest BCUT2D eigenvalue weighted by Crippen LogP contribution is 2.28. The first-order chi connectivity index (χ1) is 10.8. The van der Waals surface area contributed by atoms with Crippen LogP contribution in [0, 0.1) is 11.8 Å². The number of benzene rings is 2. The van der Waals surface area contributed by atoms with Gasteiger partial charge in [0.1, 0.15) is 0 Å². The summed E-state index contributed by atoms with van der Waals surface area (Å²) < 4.78 is 0. The van der Waals surface area contributed by atoms with E-state index in [0.29, 0.717) is 5.92 Å². The summed E-state index contributed by atoms with van der Waals surface area (Å²) in [6.07, 6.45) is 4.86. The zero-order chi connectivity index (χ0) is 15.6. The third-order valence-corrected chi connectivity index (χ3v) is 5.65. The maximum absolute atomic E-state index is 3.77. The number of halogens is 2. The number of alkyl halides is 2. The van der Waals surface area contributed by atoms with Gasteiger partial charge in [-0.05, 0) is 48.6 Å². The molecule has 0 fully saturated rings. The first kappa shape index (κ1) is 17.7. The third-order valence-electron chi connectivity index (χ3n) is 4.25. The largest absolute Gasteiger partial charge is 0.0928 e. The molecule has 2 atom stereocenters. The Morgan fingerprint density at radius 3 is 1.64 bits per heavy atom. The average molecular weight is 424 g/mol. The highest BCUT2D eigenvalue weighted by atomic mass is 79.9. The first-order valence-corrected chi connectivity index (χ1v) is 10.3. The zero-order valence-electron chi connectivity index (χ0n) is 12.9. The van der Waals surface area contributed by atoms with E-state index in [2.05, 4.69) is 92.5 Å². The van der Waals surface area contributed by atoms with E-state index >= 15 is 0 Å². The lowest BCUT2D eigenvalue weighted by Gasteiger charge is -2.26. The van der Waals surface area contributed by atoms with Crippen LogP contribution in [0.1, 0.15) is 24.0 Å². The Kier molecular flexibility index (Phi) is 8.25. The van der Waals surface area contributed by atoms with Gasteiger partial charge >= 0.3 is 0 Å². The van der Waals surface area contributed by atoms with Crippen LogP contribution in [0.25, 0.3) is 0 Å². The van der Waals surface area contributed by atoms with Crippen molar-refractivity contribution in [3.05, 3.63) is 71.8 Å². The summed E-state index contributed by atoms with van der Waals surface area (Å²) in [7, 11) is 0. The van der Waals surface area contributed by atoms with E-state index in [-0.39, 0.29) is 0 Å². The highest BCUT2D eigenvalue weighted by Gasteiger charge is 2.21. The van der Waals surface area contributed by atoms with Crippen molar-refractivity contribution in [2.45, 2.75) is 25.7 Å². The van der Waals surface area contributed by atoms with Crippen LogP contribution in [0.2, 0.25) is 0 Å². The van der Waals surface area contributed by atoms with Crippen molar-refractivity contribution in [3.8, 4) is 0 Å². The Morgan fingerprint density at radius 2 is 1.18 bits per heavy atom. The number of hydrogen-bond acceptors (Lipinski definition) is 0. The molecule has 0 amide bonds. The summed E-state index contributed by atoms with van der Waals surface area (Å²) in [6.45, 7) is 0. The summed E-state index contributed by atoms with van der Waals surface area (Å²) in [4.78, 5) is 0. The molecule has 2 aromatic carbocycles. The van der Waals surface area contributed by atoms with Crippen LogP contribution in [0.15, 0.2) is 60.7 Å². The Labute approximate surface area is 151 Å². The molecular formula is C20H24Br2. The molecule has 0 aliphatic carbocycles. The molecular weight excluding hydrogens is 400 g/mol. The van der Waals surface area contributed by atoms with Gasteiger partial charge in [0.25, 0.3) is 0 Å².